The topological polar surface area (TPSA) is 99.5 Å². The van der Waals surface area contributed by atoms with Gasteiger partial charge in [-0.3, -0.25) is 0 Å². The van der Waals surface area contributed by atoms with Crippen LogP contribution < -0.4 is 15.4 Å². The van der Waals surface area contributed by atoms with E-state index in [1.165, 1.54) is 18.7 Å². The van der Waals surface area contributed by atoms with Crippen molar-refractivity contribution in [3.63, 3.8) is 0 Å². The quantitative estimate of drug-likeness (QED) is 0.564. The number of hydrogen-bond acceptors (Lipinski definition) is 5. The number of ether oxygens (including phenoxy) is 1. The Kier molecular flexibility index (Phi) is 8.91. The molecule has 0 bridgehead atoms. The molecule has 2 heterocycles. The molecule has 1 unspecified atom stereocenters. The third kappa shape index (κ3) is 5.62. The molecule has 2 aromatic rings. The van der Waals surface area contributed by atoms with E-state index in [2.05, 4.69) is 48.2 Å². The molecule has 4 rings (SSSR count). The highest BCUT2D eigenvalue weighted by Crippen LogP contribution is 2.42. The first-order valence-electron chi connectivity index (χ1n) is 8.38. The number of nitrogens with one attached hydrogen (secondary N) is 2. The Balaban J connectivity index is 0.000000585. The van der Waals surface area contributed by atoms with E-state index in [0.29, 0.717) is 0 Å². The zero-order chi connectivity index (χ0) is 16.9. The molecule has 1 saturated heterocycles. The lowest BCUT2D eigenvalue weighted by Crippen LogP contribution is -2.40. The number of para-hydroxylation sites is 2. The van der Waals surface area contributed by atoms with Crippen LogP contribution in [0.1, 0.15) is 19.2 Å². The normalized spacial score (nSPS) is 16.0. The van der Waals surface area contributed by atoms with Crippen molar-refractivity contribution in [3.8, 4) is 11.5 Å². The minimum atomic E-state index is 0. The van der Waals surface area contributed by atoms with Gasteiger partial charge >= 0.3 is 0 Å². The number of benzene rings is 2. The van der Waals surface area contributed by atoms with Gasteiger partial charge in [-0.15, -0.1) is 0 Å². The number of nitrogens with zero attached hydrogens (tertiary/aromatic N) is 1. The van der Waals surface area contributed by atoms with Crippen molar-refractivity contribution in [1.29, 1.82) is 0 Å². The van der Waals surface area contributed by atoms with Crippen molar-refractivity contribution < 1.29 is 17.1 Å². The second kappa shape index (κ2) is 10.4. The lowest BCUT2D eigenvalue weighted by molar-refractivity contribution is 0.291. The van der Waals surface area contributed by atoms with E-state index in [9.17, 15) is 0 Å². The summed E-state index contributed by atoms with van der Waals surface area (Å²) in [6, 6.07) is 14.0. The lowest BCUT2D eigenvalue weighted by Gasteiger charge is -2.22. The van der Waals surface area contributed by atoms with Crippen LogP contribution in [0.2, 0.25) is 0 Å². The average Bonchev–Trinajstić information content (AvgIpc) is 2.60. The fourth-order valence-corrected chi connectivity index (χ4v) is 2.85. The molecule has 146 valence electrons. The Morgan fingerprint density at radius 2 is 1.69 bits per heavy atom. The largest absolute Gasteiger partial charge is 0.453 e. The van der Waals surface area contributed by atoms with Crippen LogP contribution in [0, 0.1) is 0 Å². The molecule has 2 aliphatic heterocycles. The Bertz CT molecular complexity index is 698. The van der Waals surface area contributed by atoms with Gasteiger partial charge in [-0.05, 0) is 43.8 Å². The molecule has 2 aliphatic rings. The van der Waals surface area contributed by atoms with Crippen LogP contribution in [-0.2, 0) is 0 Å². The number of rotatable bonds is 1. The van der Waals surface area contributed by atoms with E-state index in [-0.39, 0.29) is 17.6 Å². The Hall–Kier alpha value is -1.77. The smallest absolute Gasteiger partial charge is 0.150 e. The molecule has 2 aromatic carbocycles. The van der Waals surface area contributed by atoms with Gasteiger partial charge in [0.1, 0.15) is 0 Å². The van der Waals surface area contributed by atoms with E-state index < -0.39 is 0 Å². The molecule has 0 saturated carbocycles. The van der Waals surface area contributed by atoms with Crippen LogP contribution in [0.4, 0.5) is 11.4 Å². The Morgan fingerprint density at radius 3 is 2.31 bits per heavy atom. The van der Waals surface area contributed by atoms with Crippen molar-refractivity contribution in [2.24, 2.45) is 0 Å². The molecular formula is C19H31N3O3S. The van der Waals surface area contributed by atoms with Crippen molar-refractivity contribution in [1.82, 2.24) is 10.2 Å². The van der Waals surface area contributed by atoms with Crippen molar-refractivity contribution in [2.75, 3.05) is 38.5 Å². The highest BCUT2D eigenvalue weighted by molar-refractivity contribution is 7.80. The minimum Gasteiger partial charge on any atom is -0.453 e. The summed E-state index contributed by atoms with van der Waals surface area (Å²) in [6.07, 6.45) is 0. The number of piperazine rings is 1. The van der Waals surface area contributed by atoms with Gasteiger partial charge in [0.05, 0.1) is 11.4 Å². The average molecular weight is 382 g/mol. The summed E-state index contributed by atoms with van der Waals surface area (Å²) < 4.78 is 5.82. The second-order valence-corrected chi connectivity index (χ2v) is 6.98. The molecule has 0 radical (unpaired) electrons. The number of likely N-dealkylation sites (N-methyl/N-ethyl adjacent to an activating group) is 1. The summed E-state index contributed by atoms with van der Waals surface area (Å²) in [5.74, 6) is 1.73. The molecule has 6 N–H and O–H groups in total. The minimum absolute atomic E-state index is 0. The Morgan fingerprint density at radius 1 is 1.04 bits per heavy atom. The fraction of sp³-hybridized carbons (Fsp3) is 0.368. The second-order valence-electron chi connectivity index (χ2n) is 6.21. The first-order valence-corrected chi connectivity index (χ1v) is 8.90. The van der Waals surface area contributed by atoms with Gasteiger partial charge in [0.15, 0.2) is 11.5 Å². The number of thiol groups is 1. The summed E-state index contributed by atoms with van der Waals surface area (Å²) in [5.41, 5.74) is 3.19. The van der Waals surface area contributed by atoms with Crippen LogP contribution in [0.3, 0.4) is 0 Å². The summed E-state index contributed by atoms with van der Waals surface area (Å²) in [4.78, 5) is 2.33. The number of fused-ring (bicyclic) bond motifs is 2. The predicted octanol–water partition coefficient (Wildman–Crippen LogP) is 2.64. The van der Waals surface area contributed by atoms with Gasteiger partial charge < -0.3 is 31.2 Å². The molecule has 26 heavy (non-hydrogen) atoms. The van der Waals surface area contributed by atoms with Crippen molar-refractivity contribution >= 4 is 24.0 Å². The number of anilines is 2. The van der Waals surface area contributed by atoms with Crippen molar-refractivity contribution in [2.45, 2.75) is 12.2 Å². The van der Waals surface area contributed by atoms with Gasteiger partial charge in [-0.1, -0.05) is 18.2 Å². The van der Waals surface area contributed by atoms with E-state index in [0.717, 1.165) is 36.0 Å². The first-order chi connectivity index (χ1) is 11.6. The molecule has 0 aliphatic carbocycles. The van der Waals surface area contributed by atoms with Gasteiger partial charge in [-0.2, -0.15) is 12.6 Å². The first kappa shape index (κ1) is 22.3. The molecule has 0 aromatic heterocycles. The lowest BCUT2D eigenvalue weighted by atomic mass is 10.1. The third-order valence-corrected chi connectivity index (χ3v) is 4.50. The third-order valence-electron chi connectivity index (χ3n) is 4.20. The van der Waals surface area contributed by atoms with Gasteiger partial charge in [-0.25, -0.2) is 0 Å². The van der Waals surface area contributed by atoms with Crippen LogP contribution in [-0.4, -0.2) is 49.1 Å². The fourth-order valence-electron chi connectivity index (χ4n) is 2.69. The van der Waals surface area contributed by atoms with Crippen LogP contribution in [0.15, 0.2) is 42.5 Å². The number of hydrogen-bond donors (Lipinski definition) is 3. The molecule has 1 fully saturated rings. The molecule has 0 spiro atoms. The standard InChI is InChI=1S/C14H13NOS.C5H12N2.2H2O.H2/c1-9(17)10-6-7-14-12(8-10)15-11-4-2-3-5-13(11)16-14;1-7-4-2-6-3-5-7;;;/h2-9,15,17H,1H3;6H,2-5H2,1H3;2*1H2;1H. The Labute approximate surface area is 162 Å². The van der Waals surface area contributed by atoms with Gasteiger partial charge in [0, 0.05) is 32.9 Å². The molecule has 0 amide bonds. The van der Waals surface area contributed by atoms with E-state index in [4.69, 9.17) is 4.74 Å². The maximum Gasteiger partial charge on any atom is 0.150 e. The summed E-state index contributed by atoms with van der Waals surface area (Å²) in [6.45, 7) is 6.80. The van der Waals surface area contributed by atoms with Crippen molar-refractivity contribution in [3.05, 3.63) is 48.0 Å². The molecular weight excluding hydrogens is 350 g/mol. The van der Waals surface area contributed by atoms with Crippen LogP contribution >= 0.6 is 12.6 Å². The van der Waals surface area contributed by atoms with Gasteiger partial charge in [0.25, 0.3) is 0 Å². The monoisotopic (exact) mass is 381 g/mol. The summed E-state index contributed by atoms with van der Waals surface area (Å²) in [7, 11) is 2.15. The van der Waals surface area contributed by atoms with E-state index in [1.807, 2.05) is 36.4 Å². The van der Waals surface area contributed by atoms with Gasteiger partial charge in [0.2, 0.25) is 0 Å². The highest BCUT2D eigenvalue weighted by atomic mass is 32.1. The predicted molar refractivity (Wildman–Crippen MR) is 113 cm³/mol. The molecule has 7 heteroatoms. The van der Waals surface area contributed by atoms with Crippen LogP contribution in [0.5, 0.6) is 11.5 Å². The van der Waals surface area contributed by atoms with E-state index >= 15 is 0 Å². The molecule has 6 nitrogen and oxygen atoms in total. The molecule has 1 atom stereocenters. The summed E-state index contributed by atoms with van der Waals surface area (Å²) >= 11 is 4.44. The highest BCUT2D eigenvalue weighted by Gasteiger charge is 2.16. The maximum atomic E-state index is 5.82. The maximum absolute atomic E-state index is 5.82. The SMILES string of the molecule is CC(S)c1ccc2c(c1)Nc1ccccc1O2.CN1CCNCC1.O.O.[HH]. The zero-order valence-corrected chi connectivity index (χ0v) is 16.1. The summed E-state index contributed by atoms with van der Waals surface area (Å²) in [5, 5.41) is 6.87. The zero-order valence-electron chi connectivity index (χ0n) is 15.2. The van der Waals surface area contributed by atoms with E-state index in [1.54, 1.807) is 0 Å². The van der Waals surface area contributed by atoms with Crippen LogP contribution in [0.25, 0.3) is 0 Å².